The summed E-state index contributed by atoms with van der Waals surface area (Å²) in [6.45, 7) is 6.20. The lowest BCUT2D eigenvalue weighted by Crippen LogP contribution is -2.36. The number of benzene rings is 1. The number of aliphatic hydroxyl groups is 1. The van der Waals surface area contributed by atoms with Crippen molar-refractivity contribution in [1.29, 1.82) is 0 Å². The van der Waals surface area contributed by atoms with Crippen LogP contribution in [0.15, 0.2) is 24.3 Å². The van der Waals surface area contributed by atoms with Crippen LogP contribution in [0.5, 0.6) is 5.75 Å². The Bertz CT molecular complexity index is 387. The van der Waals surface area contributed by atoms with Gasteiger partial charge in [-0.1, -0.05) is 25.5 Å². The minimum atomic E-state index is -0.519. The number of unbranched alkanes of at least 4 members (excludes halogenated alkanes) is 1. The summed E-state index contributed by atoms with van der Waals surface area (Å²) >= 11 is 0. The van der Waals surface area contributed by atoms with Gasteiger partial charge >= 0.3 is 0 Å². The van der Waals surface area contributed by atoms with Gasteiger partial charge < -0.3 is 15.2 Å². The van der Waals surface area contributed by atoms with Crippen LogP contribution in [0.25, 0.3) is 0 Å². The van der Waals surface area contributed by atoms with Crippen LogP contribution >= 0.6 is 0 Å². The molecule has 2 atom stereocenters. The fourth-order valence-electron chi connectivity index (χ4n) is 1.61. The number of carbonyl (C=O) groups is 1. The fraction of sp³-hybridized carbons (Fsp3) is 0.533. The molecule has 2 unspecified atom stereocenters. The molecule has 2 N–H and O–H groups in total. The monoisotopic (exact) mass is 265 g/mol. The van der Waals surface area contributed by atoms with E-state index in [0.29, 0.717) is 12.3 Å². The van der Waals surface area contributed by atoms with E-state index in [1.165, 1.54) is 0 Å². The van der Waals surface area contributed by atoms with Crippen molar-refractivity contribution in [3.05, 3.63) is 29.8 Å². The maximum atomic E-state index is 11.7. The molecule has 1 aromatic carbocycles. The van der Waals surface area contributed by atoms with Crippen LogP contribution in [-0.4, -0.2) is 23.7 Å². The molecule has 19 heavy (non-hydrogen) atoms. The summed E-state index contributed by atoms with van der Waals surface area (Å²) in [4.78, 5) is 11.7. The fourth-order valence-corrected chi connectivity index (χ4v) is 1.61. The third-order valence-corrected chi connectivity index (χ3v) is 2.87. The molecule has 0 fully saturated rings. The maximum absolute atomic E-state index is 11.7. The van der Waals surface area contributed by atoms with Gasteiger partial charge in [0.15, 0.2) is 6.10 Å². The molecule has 0 saturated carbocycles. The molecule has 0 aliphatic heterocycles. The lowest BCUT2D eigenvalue weighted by Gasteiger charge is -2.15. The van der Waals surface area contributed by atoms with E-state index in [9.17, 15) is 9.90 Å². The maximum Gasteiger partial charge on any atom is 0.260 e. The predicted molar refractivity (Wildman–Crippen MR) is 75.1 cm³/mol. The highest BCUT2D eigenvalue weighted by molar-refractivity contribution is 5.80. The molecule has 1 amide bonds. The quantitative estimate of drug-likeness (QED) is 0.744. The van der Waals surface area contributed by atoms with Crippen LogP contribution in [0.1, 0.15) is 45.3 Å². The highest BCUT2D eigenvalue weighted by atomic mass is 16.5. The van der Waals surface area contributed by atoms with Crippen molar-refractivity contribution in [2.24, 2.45) is 0 Å². The second kappa shape index (κ2) is 7.79. The first-order valence-electron chi connectivity index (χ1n) is 6.77. The predicted octanol–water partition coefficient (Wildman–Crippen LogP) is 2.42. The van der Waals surface area contributed by atoms with Gasteiger partial charge in [-0.05, 0) is 38.0 Å². The standard InChI is InChI=1S/C15H23NO3/c1-4-5-10-16-15(18)12(3)19-14-8-6-13(7-9-14)11(2)17/h6-9,11-12,17H,4-5,10H2,1-3H3,(H,16,18). The summed E-state index contributed by atoms with van der Waals surface area (Å²) in [6.07, 6.45) is 1.01. The second-order valence-electron chi connectivity index (χ2n) is 4.65. The van der Waals surface area contributed by atoms with Crippen LogP contribution in [-0.2, 0) is 4.79 Å². The molecule has 0 radical (unpaired) electrons. The molecule has 1 aromatic rings. The van der Waals surface area contributed by atoms with Crippen LogP contribution in [0, 0.1) is 0 Å². The molecule has 4 heteroatoms. The summed E-state index contributed by atoms with van der Waals surface area (Å²) in [7, 11) is 0. The van der Waals surface area contributed by atoms with Gasteiger partial charge in [0.25, 0.3) is 5.91 Å². The number of rotatable bonds is 7. The molecule has 0 bridgehead atoms. The molecule has 0 aliphatic carbocycles. The third-order valence-electron chi connectivity index (χ3n) is 2.87. The largest absolute Gasteiger partial charge is 0.481 e. The first-order chi connectivity index (χ1) is 9.04. The SMILES string of the molecule is CCCCNC(=O)C(C)Oc1ccc(C(C)O)cc1. The van der Waals surface area contributed by atoms with Gasteiger partial charge in [0.05, 0.1) is 6.10 Å². The van der Waals surface area contributed by atoms with Gasteiger partial charge in [-0.2, -0.15) is 0 Å². The second-order valence-corrected chi connectivity index (χ2v) is 4.65. The van der Waals surface area contributed by atoms with Crippen LogP contribution in [0.4, 0.5) is 0 Å². The lowest BCUT2D eigenvalue weighted by molar-refractivity contribution is -0.127. The number of aliphatic hydroxyl groups excluding tert-OH is 1. The number of hydrogen-bond donors (Lipinski definition) is 2. The molecular formula is C15H23NO3. The van der Waals surface area contributed by atoms with Crippen molar-refractivity contribution in [2.45, 2.75) is 45.8 Å². The molecule has 0 aromatic heterocycles. The zero-order valence-electron chi connectivity index (χ0n) is 11.8. The zero-order chi connectivity index (χ0) is 14.3. The number of carbonyl (C=O) groups excluding carboxylic acids is 1. The first-order valence-corrected chi connectivity index (χ1v) is 6.77. The summed E-state index contributed by atoms with van der Waals surface area (Å²) < 4.78 is 5.55. The van der Waals surface area contributed by atoms with Crippen molar-refractivity contribution in [2.75, 3.05) is 6.54 Å². The smallest absolute Gasteiger partial charge is 0.260 e. The van der Waals surface area contributed by atoms with Gasteiger partial charge in [0.1, 0.15) is 5.75 Å². The lowest BCUT2D eigenvalue weighted by atomic mass is 10.1. The minimum absolute atomic E-state index is 0.104. The third kappa shape index (κ3) is 5.30. The van der Waals surface area contributed by atoms with E-state index < -0.39 is 12.2 Å². The van der Waals surface area contributed by atoms with Crippen molar-refractivity contribution < 1.29 is 14.6 Å². The minimum Gasteiger partial charge on any atom is -0.481 e. The van der Waals surface area contributed by atoms with Gasteiger partial charge in [0.2, 0.25) is 0 Å². The van der Waals surface area contributed by atoms with E-state index >= 15 is 0 Å². The first kappa shape index (κ1) is 15.5. The molecule has 4 nitrogen and oxygen atoms in total. The van der Waals surface area contributed by atoms with E-state index in [-0.39, 0.29) is 5.91 Å². The molecule has 1 rings (SSSR count). The van der Waals surface area contributed by atoms with E-state index in [0.717, 1.165) is 18.4 Å². The number of amides is 1. The molecule has 0 aliphatic rings. The normalized spacial score (nSPS) is 13.7. The molecule has 0 heterocycles. The number of ether oxygens (including phenoxy) is 1. The number of hydrogen-bond acceptors (Lipinski definition) is 3. The van der Waals surface area contributed by atoms with Crippen molar-refractivity contribution in [1.82, 2.24) is 5.32 Å². The Morgan fingerprint density at radius 3 is 2.47 bits per heavy atom. The molecule has 0 spiro atoms. The summed E-state index contributed by atoms with van der Waals surface area (Å²) in [5.74, 6) is 0.524. The Balaban J connectivity index is 2.47. The van der Waals surface area contributed by atoms with Crippen molar-refractivity contribution in [3.63, 3.8) is 0 Å². The van der Waals surface area contributed by atoms with Crippen molar-refractivity contribution in [3.8, 4) is 5.75 Å². The molecule has 106 valence electrons. The van der Waals surface area contributed by atoms with E-state index in [1.807, 2.05) is 0 Å². The average Bonchev–Trinajstić information content (AvgIpc) is 2.39. The van der Waals surface area contributed by atoms with Gasteiger partial charge in [-0.15, -0.1) is 0 Å². The van der Waals surface area contributed by atoms with Gasteiger partial charge in [-0.25, -0.2) is 0 Å². The van der Waals surface area contributed by atoms with Crippen LogP contribution < -0.4 is 10.1 Å². The number of nitrogens with one attached hydrogen (secondary N) is 1. The van der Waals surface area contributed by atoms with E-state index in [2.05, 4.69) is 12.2 Å². The highest BCUT2D eigenvalue weighted by Crippen LogP contribution is 2.18. The zero-order valence-corrected chi connectivity index (χ0v) is 11.8. The molecule has 0 saturated heterocycles. The summed E-state index contributed by atoms with van der Waals surface area (Å²) in [5.41, 5.74) is 0.826. The van der Waals surface area contributed by atoms with Crippen LogP contribution in [0.3, 0.4) is 0 Å². The van der Waals surface area contributed by atoms with Gasteiger partial charge in [0, 0.05) is 6.54 Å². The Hall–Kier alpha value is -1.55. The topological polar surface area (TPSA) is 58.6 Å². The van der Waals surface area contributed by atoms with E-state index in [1.54, 1.807) is 38.1 Å². The van der Waals surface area contributed by atoms with E-state index in [4.69, 9.17) is 4.74 Å². The highest BCUT2D eigenvalue weighted by Gasteiger charge is 2.13. The summed E-state index contributed by atoms with van der Waals surface area (Å²) in [6, 6.07) is 7.11. The van der Waals surface area contributed by atoms with Crippen LogP contribution in [0.2, 0.25) is 0 Å². The molecular weight excluding hydrogens is 242 g/mol. The Kier molecular flexibility index (Phi) is 6.36. The Morgan fingerprint density at radius 1 is 1.32 bits per heavy atom. The van der Waals surface area contributed by atoms with Crippen molar-refractivity contribution >= 4 is 5.91 Å². The van der Waals surface area contributed by atoms with Gasteiger partial charge in [-0.3, -0.25) is 4.79 Å². The summed E-state index contributed by atoms with van der Waals surface area (Å²) in [5, 5.41) is 12.2. The average molecular weight is 265 g/mol. The Labute approximate surface area is 114 Å². The Morgan fingerprint density at radius 2 is 1.95 bits per heavy atom.